The van der Waals surface area contributed by atoms with E-state index < -0.39 is 12.3 Å². The van der Waals surface area contributed by atoms with Gasteiger partial charge in [-0.3, -0.25) is 4.79 Å². The van der Waals surface area contributed by atoms with Gasteiger partial charge in [0.15, 0.2) is 5.75 Å². The number of benzene rings is 2. The van der Waals surface area contributed by atoms with Crippen LogP contribution >= 0.6 is 12.6 Å². The van der Waals surface area contributed by atoms with Crippen LogP contribution in [0.2, 0.25) is 0 Å². The van der Waals surface area contributed by atoms with Crippen LogP contribution in [0.3, 0.4) is 0 Å². The van der Waals surface area contributed by atoms with Gasteiger partial charge < -0.3 is 19.1 Å². The van der Waals surface area contributed by atoms with E-state index in [1.54, 1.807) is 12.1 Å². The smallest absolute Gasteiger partial charge is 0.341 e. The topological polar surface area (TPSA) is 65.1 Å². The average molecular weight is 387 g/mol. The van der Waals surface area contributed by atoms with Crippen molar-refractivity contribution in [3.8, 4) is 11.5 Å². The Hall–Kier alpha value is -2.67. The summed E-state index contributed by atoms with van der Waals surface area (Å²) in [6.07, 6.45) is 1.19. The van der Waals surface area contributed by atoms with E-state index >= 15 is 0 Å². The van der Waals surface area contributed by atoms with Crippen LogP contribution in [0.15, 0.2) is 47.4 Å². The molecule has 0 spiro atoms. The Balaban J connectivity index is 1.93. The third-order valence-corrected chi connectivity index (χ3v) is 4.55. The molecule has 1 saturated heterocycles. The lowest BCUT2D eigenvalue weighted by Gasteiger charge is -2.23. The van der Waals surface area contributed by atoms with Crippen molar-refractivity contribution >= 4 is 30.8 Å². The summed E-state index contributed by atoms with van der Waals surface area (Å²) in [4.78, 5) is 25.5. The molecule has 1 unspecified atom stereocenters. The molecule has 6 nitrogen and oxygen atoms in total. The molecule has 0 aromatic heterocycles. The summed E-state index contributed by atoms with van der Waals surface area (Å²) in [7, 11) is 0. The predicted octanol–water partition coefficient (Wildman–Crippen LogP) is 4.04. The molecule has 7 heteroatoms. The third-order valence-electron chi connectivity index (χ3n) is 4.22. The van der Waals surface area contributed by atoms with Gasteiger partial charge in [-0.2, -0.15) is 0 Å². The summed E-state index contributed by atoms with van der Waals surface area (Å²) >= 11 is 4.54. The molecule has 2 aromatic carbocycles. The van der Waals surface area contributed by atoms with Gasteiger partial charge >= 0.3 is 5.97 Å². The fourth-order valence-corrected chi connectivity index (χ4v) is 3.24. The quantitative estimate of drug-likeness (QED) is 0.335. The maximum absolute atomic E-state index is 12.4. The molecule has 0 aliphatic carbocycles. The standard InChI is InChI=1S/C20H21NO5S/c1-14(24-13-22)25-20(23)15-11-17(21-9-5-6-10-21)19(18(27)12-15)26-16-7-3-2-4-8-16/h2-4,7-8,11-14,27H,5-6,9-10H2,1H3. The molecule has 1 heterocycles. The maximum Gasteiger partial charge on any atom is 0.341 e. The Bertz CT molecular complexity index is 806. The Morgan fingerprint density at radius 1 is 1.19 bits per heavy atom. The van der Waals surface area contributed by atoms with Crippen molar-refractivity contribution in [3.63, 3.8) is 0 Å². The zero-order valence-corrected chi connectivity index (χ0v) is 15.9. The van der Waals surface area contributed by atoms with Gasteiger partial charge in [0.05, 0.1) is 11.3 Å². The number of hydrogen-bond acceptors (Lipinski definition) is 7. The summed E-state index contributed by atoms with van der Waals surface area (Å²) in [5.41, 5.74) is 1.11. The van der Waals surface area contributed by atoms with Gasteiger partial charge in [-0.1, -0.05) is 18.2 Å². The molecular formula is C20H21NO5S. The first kappa shape index (κ1) is 19.1. The zero-order chi connectivity index (χ0) is 19.2. The fourth-order valence-electron chi connectivity index (χ4n) is 2.95. The van der Waals surface area contributed by atoms with Crippen molar-refractivity contribution in [2.24, 2.45) is 0 Å². The second-order valence-electron chi connectivity index (χ2n) is 6.16. The largest absolute Gasteiger partial charge is 0.454 e. The molecule has 0 radical (unpaired) electrons. The number of ether oxygens (including phenoxy) is 3. The van der Waals surface area contributed by atoms with Crippen LogP contribution in [0.4, 0.5) is 5.69 Å². The molecular weight excluding hydrogens is 366 g/mol. The third kappa shape index (κ3) is 4.74. The minimum atomic E-state index is -0.964. The van der Waals surface area contributed by atoms with E-state index in [2.05, 4.69) is 22.3 Å². The zero-order valence-electron chi connectivity index (χ0n) is 15.0. The van der Waals surface area contributed by atoms with E-state index in [0.29, 0.717) is 22.0 Å². The Kier molecular flexibility index (Phi) is 6.24. The second kappa shape index (κ2) is 8.81. The van der Waals surface area contributed by atoms with Crippen molar-refractivity contribution < 1.29 is 23.8 Å². The molecule has 142 valence electrons. The van der Waals surface area contributed by atoms with Crippen LogP contribution < -0.4 is 9.64 Å². The summed E-state index contributed by atoms with van der Waals surface area (Å²) in [5, 5.41) is 0. The summed E-state index contributed by atoms with van der Waals surface area (Å²) in [5.74, 6) is 0.697. The SMILES string of the molecule is CC(OC=O)OC(=O)c1cc(S)c(Oc2ccccc2)c(N2CCCC2)c1. The van der Waals surface area contributed by atoms with Crippen molar-refractivity contribution in [1.82, 2.24) is 0 Å². The molecule has 1 atom stereocenters. The van der Waals surface area contributed by atoms with Crippen LogP contribution in [0.25, 0.3) is 0 Å². The second-order valence-corrected chi connectivity index (χ2v) is 6.64. The number of esters is 1. The monoisotopic (exact) mass is 387 g/mol. The van der Waals surface area contributed by atoms with E-state index in [4.69, 9.17) is 9.47 Å². The molecule has 0 amide bonds. The first-order chi connectivity index (χ1) is 13.1. The van der Waals surface area contributed by atoms with E-state index in [9.17, 15) is 9.59 Å². The van der Waals surface area contributed by atoms with Crippen LogP contribution in [-0.2, 0) is 14.3 Å². The highest BCUT2D eigenvalue weighted by Crippen LogP contribution is 2.40. The van der Waals surface area contributed by atoms with E-state index in [-0.39, 0.29) is 6.47 Å². The molecule has 2 aromatic rings. The van der Waals surface area contributed by atoms with Gasteiger partial charge in [-0.05, 0) is 37.1 Å². The molecule has 27 heavy (non-hydrogen) atoms. The average Bonchev–Trinajstić information content (AvgIpc) is 3.18. The van der Waals surface area contributed by atoms with Gasteiger partial charge in [0.2, 0.25) is 6.29 Å². The van der Waals surface area contributed by atoms with E-state index in [1.165, 1.54) is 6.92 Å². The number of anilines is 1. The number of carbonyl (C=O) groups excluding carboxylic acids is 2. The number of thiol groups is 1. The first-order valence-corrected chi connectivity index (χ1v) is 9.18. The number of carbonyl (C=O) groups is 2. The lowest BCUT2D eigenvalue weighted by molar-refractivity contribution is -0.149. The maximum atomic E-state index is 12.4. The first-order valence-electron chi connectivity index (χ1n) is 8.73. The van der Waals surface area contributed by atoms with Crippen LogP contribution in [0, 0.1) is 0 Å². The minimum absolute atomic E-state index is 0.244. The fraction of sp³-hybridized carbons (Fsp3) is 0.300. The molecule has 1 fully saturated rings. The lowest BCUT2D eigenvalue weighted by atomic mass is 10.1. The van der Waals surface area contributed by atoms with Gasteiger partial charge in [0, 0.05) is 24.9 Å². The normalized spacial score (nSPS) is 14.5. The highest BCUT2D eigenvalue weighted by atomic mass is 32.1. The lowest BCUT2D eigenvalue weighted by Crippen LogP contribution is -2.21. The van der Waals surface area contributed by atoms with Gasteiger partial charge in [0.1, 0.15) is 5.75 Å². The van der Waals surface area contributed by atoms with Gasteiger partial charge in [-0.25, -0.2) is 4.79 Å². The number of nitrogens with zero attached hydrogens (tertiary/aromatic N) is 1. The van der Waals surface area contributed by atoms with Crippen molar-refractivity contribution in [2.45, 2.75) is 31.0 Å². The van der Waals surface area contributed by atoms with Crippen molar-refractivity contribution in [1.29, 1.82) is 0 Å². The Morgan fingerprint density at radius 2 is 1.89 bits per heavy atom. The molecule has 0 N–H and O–H groups in total. The molecule has 1 aliphatic heterocycles. The Morgan fingerprint density at radius 3 is 2.56 bits per heavy atom. The molecule has 1 aliphatic rings. The van der Waals surface area contributed by atoms with Crippen LogP contribution in [-0.4, -0.2) is 31.8 Å². The minimum Gasteiger partial charge on any atom is -0.454 e. The number of rotatable bonds is 7. The number of para-hydroxylation sites is 1. The van der Waals surface area contributed by atoms with Crippen molar-refractivity contribution in [2.75, 3.05) is 18.0 Å². The molecule has 0 saturated carbocycles. The summed E-state index contributed by atoms with van der Waals surface area (Å²) in [6.45, 7) is 3.47. The van der Waals surface area contributed by atoms with Crippen molar-refractivity contribution in [3.05, 3.63) is 48.0 Å². The molecule has 0 bridgehead atoms. The summed E-state index contributed by atoms with van der Waals surface area (Å²) in [6, 6.07) is 12.8. The van der Waals surface area contributed by atoms with Crippen LogP contribution in [0.5, 0.6) is 11.5 Å². The highest BCUT2D eigenvalue weighted by Gasteiger charge is 2.23. The van der Waals surface area contributed by atoms with Crippen LogP contribution in [0.1, 0.15) is 30.1 Å². The van der Waals surface area contributed by atoms with E-state index in [0.717, 1.165) is 31.6 Å². The predicted molar refractivity (Wildman–Crippen MR) is 104 cm³/mol. The number of hydrogen-bond donors (Lipinski definition) is 1. The van der Waals surface area contributed by atoms with Gasteiger partial charge in [0.25, 0.3) is 6.47 Å². The van der Waals surface area contributed by atoms with E-state index in [1.807, 2.05) is 30.3 Å². The highest BCUT2D eigenvalue weighted by molar-refractivity contribution is 7.80. The Labute approximate surface area is 163 Å². The van der Waals surface area contributed by atoms with Gasteiger partial charge in [-0.15, -0.1) is 12.6 Å². The summed E-state index contributed by atoms with van der Waals surface area (Å²) < 4.78 is 15.8. The molecule has 3 rings (SSSR count).